The molecule has 0 saturated carbocycles. The maximum atomic E-state index is 5.97. The van der Waals surface area contributed by atoms with Gasteiger partial charge in [0.2, 0.25) is 0 Å². The molecule has 0 radical (unpaired) electrons. The van der Waals surface area contributed by atoms with Gasteiger partial charge in [-0.2, -0.15) is 0 Å². The highest BCUT2D eigenvalue weighted by molar-refractivity contribution is 7.98. The van der Waals surface area contributed by atoms with Crippen LogP contribution in [0.25, 0.3) is 11.4 Å². The van der Waals surface area contributed by atoms with E-state index >= 15 is 0 Å². The summed E-state index contributed by atoms with van der Waals surface area (Å²) >= 11 is 13.4. The lowest BCUT2D eigenvalue weighted by Gasteiger charge is -2.10. The monoisotopic (exact) mass is 394 g/mol. The van der Waals surface area contributed by atoms with Gasteiger partial charge in [0, 0.05) is 29.6 Å². The fourth-order valence-corrected chi connectivity index (χ4v) is 3.37. The molecule has 0 saturated heterocycles. The van der Waals surface area contributed by atoms with Gasteiger partial charge >= 0.3 is 0 Å². The van der Waals surface area contributed by atoms with Crippen molar-refractivity contribution in [3.8, 4) is 11.4 Å². The van der Waals surface area contributed by atoms with Gasteiger partial charge in [0.15, 0.2) is 11.0 Å². The van der Waals surface area contributed by atoms with Crippen LogP contribution in [-0.2, 0) is 17.0 Å². The highest BCUT2D eigenvalue weighted by Gasteiger charge is 2.14. The van der Waals surface area contributed by atoms with Crippen LogP contribution in [0.15, 0.2) is 47.8 Å². The van der Waals surface area contributed by atoms with Crippen LogP contribution >= 0.6 is 35.0 Å². The fourth-order valence-electron chi connectivity index (χ4n) is 2.23. The highest BCUT2D eigenvalue weighted by atomic mass is 35.5. The molecule has 3 aromatic rings. The van der Waals surface area contributed by atoms with E-state index < -0.39 is 0 Å². The average Bonchev–Trinajstić information content (AvgIpc) is 3.03. The number of aromatic nitrogens is 4. The van der Waals surface area contributed by atoms with Crippen LogP contribution in [0.2, 0.25) is 10.2 Å². The zero-order valence-electron chi connectivity index (χ0n) is 13.5. The van der Waals surface area contributed by atoms with Crippen molar-refractivity contribution < 1.29 is 4.74 Å². The fraction of sp³-hybridized carbons (Fsp3) is 0.235. The second-order valence-corrected chi connectivity index (χ2v) is 7.00. The molecule has 0 unspecified atom stereocenters. The summed E-state index contributed by atoms with van der Waals surface area (Å²) in [5.74, 6) is 1.53. The first-order chi connectivity index (χ1) is 12.2. The van der Waals surface area contributed by atoms with E-state index in [1.807, 2.05) is 30.3 Å². The van der Waals surface area contributed by atoms with Crippen LogP contribution in [0.4, 0.5) is 0 Å². The first-order valence-corrected chi connectivity index (χ1v) is 9.33. The summed E-state index contributed by atoms with van der Waals surface area (Å²) in [5.41, 5.74) is 2.04. The molecule has 130 valence electrons. The van der Waals surface area contributed by atoms with Gasteiger partial charge in [-0.05, 0) is 35.9 Å². The van der Waals surface area contributed by atoms with E-state index in [0.717, 1.165) is 27.9 Å². The Morgan fingerprint density at radius 1 is 1.08 bits per heavy atom. The number of pyridine rings is 1. The molecule has 2 aromatic heterocycles. The summed E-state index contributed by atoms with van der Waals surface area (Å²) in [6.45, 7) is 1.25. The van der Waals surface area contributed by atoms with Gasteiger partial charge in [0.1, 0.15) is 5.15 Å². The Morgan fingerprint density at radius 2 is 1.88 bits per heavy atom. The molecule has 0 aliphatic rings. The van der Waals surface area contributed by atoms with Crippen molar-refractivity contribution in [2.75, 3.05) is 13.7 Å². The van der Waals surface area contributed by atoms with E-state index in [0.29, 0.717) is 23.3 Å². The molecule has 0 aliphatic carbocycles. The second kappa shape index (κ2) is 8.67. The maximum absolute atomic E-state index is 5.97. The van der Waals surface area contributed by atoms with Crippen LogP contribution in [0.5, 0.6) is 0 Å². The Bertz CT molecular complexity index is 822. The first-order valence-electron chi connectivity index (χ1n) is 7.58. The van der Waals surface area contributed by atoms with Crippen molar-refractivity contribution in [2.24, 2.45) is 0 Å². The number of ether oxygens (including phenoxy) is 1. The number of halogens is 2. The molecule has 3 rings (SSSR count). The normalized spacial score (nSPS) is 11.0. The molecule has 0 aliphatic heterocycles. The summed E-state index contributed by atoms with van der Waals surface area (Å²) in [5, 5.41) is 10.7. The van der Waals surface area contributed by atoms with Gasteiger partial charge in [-0.15, -0.1) is 10.2 Å². The number of benzene rings is 1. The van der Waals surface area contributed by atoms with Crippen molar-refractivity contribution in [2.45, 2.75) is 17.5 Å². The number of hydrogen-bond donors (Lipinski definition) is 0. The number of methoxy groups -OCH3 is 1. The topological polar surface area (TPSA) is 52.8 Å². The molecule has 1 aromatic carbocycles. The first kappa shape index (κ1) is 18.2. The zero-order valence-corrected chi connectivity index (χ0v) is 15.9. The standard InChI is InChI=1S/C17H16Cl2N4OS/c1-24-9-8-23-16(13-3-5-14(18)6-4-13)21-22-17(23)25-11-12-2-7-15(19)20-10-12/h2-7,10H,8-9,11H2,1H3. The molecule has 5 nitrogen and oxygen atoms in total. The van der Waals surface area contributed by atoms with E-state index in [2.05, 4.69) is 19.7 Å². The van der Waals surface area contributed by atoms with Crippen molar-refractivity contribution in [3.05, 3.63) is 58.3 Å². The second-order valence-electron chi connectivity index (χ2n) is 5.24. The minimum Gasteiger partial charge on any atom is -0.383 e. The molecule has 25 heavy (non-hydrogen) atoms. The van der Waals surface area contributed by atoms with Crippen molar-refractivity contribution in [1.29, 1.82) is 0 Å². The van der Waals surface area contributed by atoms with Crippen molar-refractivity contribution in [3.63, 3.8) is 0 Å². The van der Waals surface area contributed by atoms with Crippen LogP contribution in [0.1, 0.15) is 5.56 Å². The molecule has 2 heterocycles. The van der Waals surface area contributed by atoms with Crippen molar-refractivity contribution >= 4 is 35.0 Å². The van der Waals surface area contributed by atoms with Gasteiger partial charge in [-0.3, -0.25) is 4.57 Å². The predicted molar refractivity (Wildman–Crippen MR) is 101 cm³/mol. The van der Waals surface area contributed by atoms with Crippen LogP contribution in [0, 0.1) is 0 Å². The maximum Gasteiger partial charge on any atom is 0.191 e. The van der Waals surface area contributed by atoms with Crippen LogP contribution < -0.4 is 0 Å². The van der Waals surface area contributed by atoms with Gasteiger partial charge in [-0.1, -0.05) is 41.0 Å². The molecule has 8 heteroatoms. The van der Waals surface area contributed by atoms with E-state index in [4.69, 9.17) is 27.9 Å². The number of rotatable bonds is 7. The average molecular weight is 395 g/mol. The zero-order chi connectivity index (χ0) is 17.6. The third-order valence-corrected chi connectivity index (χ3v) is 5.01. The summed E-state index contributed by atoms with van der Waals surface area (Å²) in [4.78, 5) is 4.10. The molecule has 0 atom stereocenters. The SMILES string of the molecule is COCCn1c(SCc2ccc(Cl)nc2)nnc1-c1ccc(Cl)cc1. The summed E-state index contributed by atoms with van der Waals surface area (Å²) in [6, 6.07) is 11.3. The van der Waals surface area contributed by atoms with E-state index in [1.165, 1.54) is 0 Å². The summed E-state index contributed by atoms with van der Waals surface area (Å²) in [7, 11) is 1.68. The Balaban J connectivity index is 1.82. The van der Waals surface area contributed by atoms with Gasteiger partial charge in [-0.25, -0.2) is 4.98 Å². The Labute approximate surface area is 160 Å². The number of nitrogens with zero attached hydrogens (tertiary/aromatic N) is 4. The minimum atomic E-state index is 0.488. The lowest BCUT2D eigenvalue weighted by atomic mass is 10.2. The van der Waals surface area contributed by atoms with Gasteiger partial charge in [0.25, 0.3) is 0 Å². The van der Waals surface area contributed by atoms with E-state index in [-0.39, 0.29) is 0 Å². The largest absolute Gasteiger partial charge is 0.383 e. The predicted octanol–water partition coefficient (Wildman–Crippen LogP) is 4.59. The molecule has 0 fully saturated rings. The lowest BCUT2D eigenvalue weighted by molar-refractivity contribution is 0.185. The highest BCUT2D eigenvalue weighted by Crippen LogP contribution is 2.27. The molecule has 0 N–H and O–H groups in total. The Kier molecular flexibility index (Phi) is 6.31. The molecular formula is C17H16Cl2N4OS. The lowest BCUT2D eigenvalue weighted by Crippen LogP contribution is -2.07. The van der Waals surface area contributed by atoms with Crippen molar-refractivity contribution in [1.82, 2.24) is 19.7 Å². The van der Waals surface area contributed by atoms with E-state index in [9.17, 15) is 0 Å². The number of thioether (sulfide) groups is 1. The van der Waals surface area contributed by atoms with Crippen LogP contribution in [0.3, 0.4) is 0 Å². The quantitative estimate of drug-likeness (QED) is 0.433. The molecular weight excluding hydrogens is 379 g/mol. The molecule has 0 amide bonds. The minimum absolute atomic E-state index is 0.488. The number of hydrogen-bond acceptors (Lipinski definition) is 5. The third-order valence-electron chi connectivity index (χ3n) is 3.49. The molecule has 0 bridgehead atoms. The molecule has 0 spiro atoms. The Morgan fingerprint density at radius 3 is 2.56 bits per heavy atom. The Hall–Kier alpha value is -1.60. The summed E-state index contributed by atoms with van der Waals surface area (Å²) < 4.78 is 7.28. The third kappa shape index (κ3) is 4.73. The smallest absolute Gasteiger partial charge is 0.191 e. The summed E-state index contributed by atoms with van der Waals surface area (Å²) in [6.07, 6.45) is 1.77. The van der Waals surface area contributed by atoms with Gasteiger partial charge in [0.05, 0.1) is 13.2 Å². The van der Waals surface area contributed by atoms with Gasteiger partial charge < -0.3 is 4.74 Å². The van der Waals surface area contributed by atoms with E-state index in [1.54, 1.807) is 31.1 Å². The van der Waals surface area contributed by atoms with Crippen LogP contribution in [-0.4, -0.2) is 33.5 Å².